The van der Waals surface area contributed by atoms with Crippen LogP contribution in [0.2, 0.25) is 0 Å². The molecule has 1 amide bonds. The highest BCUT2D eigenvalue weighted by atomic mass is 32.2. The molecule has 2 unspecified atom stereocenters. The van der Waals surface area contributed by atoms with Crippen LogP contribution in [0.25, 0.3) is 0 Å². The molecule has 1 aromatic rings. The summed E-state index contributed by atoms with van der Waals surface area (Å²) in [4.78, 5) is 11.7. The molecule has 0 spiro atoms. The molecule has 19 heavy (non-hydrogen) atoms. The Balaban J connectivity index is 2.26. The molecule has 0 aliphatic heterocycles. The number of hydrogen-bond donors (Lipinski definition) is 2. The summed E-state index contributed by atoms with van der Waals surface area (Å²) in [5.74, 6) is -0.0560. The number of benzene rings is 1. The van der Waals surface area contributed by atoms with Crippen LogP contribution in [0.3, 0.4) is 0 Å². The van der Waals surface area contributed by atoms with Gasteiger partial charge in [0.2, 0.25) is 5.91 Å². The standard InChI is InChI=1S/C14H22N2O2S/c1-11-6-4-5-7-13(11)16-14(17)10-15-9-8-12(2)19(3)18/h4-7,12,15H,8-10H2,1-3H3,(H,16,17). The van der Waals surface area contributed by atoms with Gasteiger partial charge in [0, 0.05) is 28.0 Å². The van der Waals surface area contributed by atoms with Crippen LogP contribution in [-0.2, 0) is 15.6 Å². The number of hydrogen-bond acceptors (Lipinski definition) is 3. The predicted octanol–water partition coefficient (Wildman–Crippen LogP) is 1.68. The van der Waals surface area contributed by atoms with E-state index in [1.807, 2.05) is 38.1 Å². The number of aryl methyl sites for hydroxylation is 1. The monoisotopic (exact) mass is 282 g/mol. The molecule has 5 heteroatoms. The molecule has 0 aromatic heterocycles. The molecule has 2 N–H and O–H groups in total. The second-order valence-corrected chi connectivity index (χ2v) is 6.44. The van der Waals surface area contributed by atoms with Gasteiger partial charge in [-0.3, -0.25) is 9.00 Å². The predicted molar refractivity (Wildman–Crippen MR) is 80.8 cm³/mol. The number of anilines is 1. The molecule has 0 aliphatic carbocycles. The van der Waals surface area contributed by atoms with Crippen molar-refractivity contribution in [2.45, 2.75) is 25.5 Å². The zero-order valence-electron chi connectivity index (χ0n) is 11.7. The van der Waals surface area contributed by atoms with Crippen LogP contribution in [0.15, 0.2) is 24.3 Å². The van der Waals surface area contributed by atoms with Crippen LogP contribution in [0.5, 0.6) is 0 Å². The molecule has 1 rings (SSSR count). The molecule has 0 radical (unpaired) electrons. The van der Waals surface area contributed by atoms with E-state index in [-0.39, 0.29) is 17.7 Å². The van der Waals surface area contributed by atoms with Gasteiger partial charge in [0.25, 0.3) is 0 Å². The fourth-order valence-electron chi connectivity index (χ4n) is 1.58. The molecule has 0 saturated carbocycles. The summed E-state index contributed by atoms with van der Waals surface area (Å²) in [7, 11) is -0.800. The topological polar surface area (TPSA) is 58.2 Å². The van der Waals surface area contributed by atoms with Crippen LogP contribution < -0.4 is 10.6 Å². The summed E-state index contributed by atoms with van der Waals surface area (Å²) in [5, 5.41) is 6.08. The molecule has 0 bridgehead atoms. The number of carbonyl (C=O) groups is 1. The molecule has 0 saturated heterocycles. The van der Waals surface area contributed by atoms with E-state index in [1.54, 1.807) is 6.26 Å². The number of amides is 1. The molecule has 2 atom stereocenters. The lowest BCUT2D eigenvalue weighted by atomic mass is 10.2. The van der Waals surface area contributed by atoms with E-state index < -0.39 is 10.8 Å². The number of nitrogens with one attached hydrogen (secondary N) is 2. The Morgan fingerprint density at radius 1 is 1.37 bits per heavy atom. The fourth-order valence-corrected chi connectivity index (χ4v) is 2.03. The van der Waals surface area contributed by atoms with Gasteiger partial charge in [-0.2, -0.15) is 0 Å². The first-order valence-corrected chi connectivity index (χ1v) is 8.01. The van der Waals surface area contributed by atoms with Gasteiger partial charge < -0.3 is 10.6 Å². The van der Waals surface area contributed by atoms with Gasteiger partial charge in [0.1, 0.15) is 0 Å². The van der Waals surface area contributed by atoms with Crippen molar-refractivity contribution in [3.8, 4) is 0 Å². The van der Waals surface area contributed by atoms with Crippen molar-refractivity contribution in [1.82, 2.24) is 5.32 Å². The Labute approximate surface area is 117 Å². The summed E-state index contributed by atoms with van der Waals surface area (Å²) < 4.78 is 11.2. The van der Waals surface area contributed by atoms with Crippen LogP contribution in [-0.4, -0.2) is 34.7 Å². The van der Waals surface area contributed by atoms with Crippen molar-refractivity contribution in [3.05, 3.63) is 29.8 Å². The molecular formula is C14H22N2O2S. The van der Waals surface area contributed by atoms with Gasteiger partial charge >= 0.3 is 0 Å². The highest BCUT2D eigenvalue weighted by Gasteiger charge is 2.07. The Morgan fingerprint density at radius 2 is 2.05 bits per heavy atom. The van der Waals surface area contributed by atoms with Crippen LogP contribution in [0.4, 0.5) is 5.69 Å². The number of carbonyl (C=O) groups excluding carboxylic acids is 1. The third-order valence-electron chi connectivity index (χ3n) is 3.00. The highest BCUT2D eigenvalue weighted by Crippen LogP contribution is 2.12. The van der Waals surface area contributed by atoms with Gasteiger partial charge in [-0.05, 0) is 31.5 Å². The average molecular weight is 282 g/mol. The van der Waals surface area contributed by atoms with E-state index in [9.17, 15) is 9.00 Å². The van der Waals surface area contributed by atoms with E-state index in [0.717, 1.165) is 17.7 Å². The molecule has 106 valence electrons. The minimum absolute atomic E-state index is 0.0560. The van der Waals surface area contributed by atoms with Crippen molar-refractivity contribution in [1.29, 1.82) is 0 Å². The molecule has 0 fully saturated rings. The third-order valence-corrected chi connectivity index (χ3v) is 4.37. The Hall–Kier alpha value is -1.20. The Bertz CT molecular complexity index is 449. The molecule has 1 aromatic carbocycles. The summed E-state index contributed by atoms with van der Waals surface area (Å²) in [6.45, 7) is 4.88. The van der Waals surface area contributed by atoms with Crippen LogP contribution in [0.1, 0.15) is 18.9 Å². The SMILES string of the molecule is Cc1ccccc1NC(=O)CNCCC(C)S(C)=O. The number of rotatable bonds is 7. The summed E-state index contributed by atoms with van der Waals surface area (Å²) >= 11 is 0. The average Bonchev–Trinajstić information content (AvgIpc) is 2.37. The second kappa shape index (κ2) is 8.07. The smallest absolute Gasteiger partial charge is 0.238 e. The van der Waals surface area contributed by atoms with Gasteiger partial charge in [-0.1, -0.05) is 25.1 Å². The van der Waals surface area contributed by atoms with Gasteiger partial charge in [-0.15, -0.1) is 0 Å². The zero-order chi connectivity index (χ0) is 14.3. The maximum atomic E-state index is 11.7. The quantitative estimate of drug-likeness (QED) is 0.748. The third kappa shape index (κ3) is 5.98. The maximum Gasteiger partial charge on any atom is 0.238 e. The summed E-state index contributed by atoms with van der Waals surface area (Å²) in [5.41, 5.74) is 1.89. The van der Waals surface area contributed by atoms with E-state index in [0.29, 0.717) is 6.54 Å². The van der Waals surface area contributed by atoms with Gasteiger partial charge in [0.15, 0.2) is 0 Å². The first-order chi connectivity index (χ1) is 9.00. The molecule has 4 nitrogen and oxygen atoms in total. The number of para-hydroxylation sites is 1. The lowest BCUT2D eigenvalue weighted by Gasteiger charge is -2.10. The van der Waals surface area contributed by atoms with Crippen molar-refractivity contribution in [3.63, 3.8) is 0 Å². The Kier molecular flexibility index (Phi) is 6.73. The molecule has 0 aliphatic rings. The first-order valence-electron chi connectivity index (χ1n) is 6.39. The van der Waals surface area contributed by atoms with Crippen LogP contribution in [0, 0.1) is 6.92 Å². The van der Waals surface area contributed by atoms with E-state index in [1.165, 1.54) is 0 Å². The first kappa shape index (κ1) is 15.9. The zero-order valence-corrected chi connectivity index (χ0v) is 12.5. The summed E-state index contributed by atoms with van der Waals surface area (Å²) in [6.07, 6.45) is 2.51. The van der Waals surface area contributed by atoms with E-state index in [4.69, 9.17) is 0 Å². The lowest BCUT2D eigenvalue weighted by molar-refractivity contribution is -0.115. The van der Waals surface area contributed by atoms with Gasteiger partial charge in [-0.25, -0.2) is 0 Å². The van der Waals surface area contributed by atoms with E-state index >= 15 is 0 Å². The largest absolute Gasteiger partial charge is 0.325 e. The Morgan fingerprint density at radius 3 is 2.68 bits per heavy atom. The normalized spacial score (nSPS) is 13.8. The van der Waals surface area contributed by atoms with Crippen molar-refractivity contribution >= 4 is 22.4 Å². The molecular weight excluding hydrogens is 260 g/mol. The fraction of sp³-hybridized carbons (Fsp3) is 0.500. The summed E-state index contributed by atoms with van der Waals surface area (Å²) in [6, 6.07) is 7.68. The van der Waals surface area contributed by atoms with Crippen molar-refractivity contribution in [2.24, 2.45) is 0 Å². The van der Waals surface area contributed by atoms with Gasteiger partial charge in [0.05, 0.1) is 6.54 Å². The van der Waals surface area contributed by atoms with E-state index in [2.05, 4.69) is 10.6 Å². The maximum absolute atomic E-state index is 11.7. The molecule has 0 heterocycles. The minimum Gasteiger partial charge on any atom is -0.325 e. The minimum atomic E-state index is -0.800. The van der Waals surface area contributed by atoms with Crippen molar-refractivity contribution < 1.29 is 9.00 Å². The van der Waals surface area contributed by atoms with Crippen LogP contribution >= 0.6 is 0 Å². The second-order valence-electron chi connectivity index (χ2n) is 4.64. The van der Waals surface area contributed by atoms with Crippen molar-refractivity contribution in [2.75, 3.05) is 24.7 Å². The lowest BCUT2D eigenvalue weighted by Crippen LogP contribution is -2.30. The highest BCUT2D eigenvalue weighted by molar-refractivity contribution is 7.84.